The van der Waals surface area contributed by atoms with E-state index in [2.05, 4.69) is 64.2 Å². The van der Waals surface area contributed by atoms with Gasteiger partial charge in [0.25, 0.3) is 0 Å². The molecule has 1 aliphatic carbocycles. The Hall–Kier alpha value is -1.98. The average Bonchev–Trinajstić information content (AvgIpc) is 3.17. The summed E-state index contributed by atoms with van der Waals surface area (Å²) in [6.45, 7) is 0.949. The molecule has 3 aromatic rings. The molecule has 0 bridgehead atoms. The Morgan fingerprint density at radius 3 is 2.69 bits per heavy atom. The fraction of sp³-hybridized carbons (Fsp3) is 0.381. The van der Waals surface area contributed by atoms with Crippen molar-refractivity contribution in [2.24, 2.45) is 0 Å². The number of fused-ring (bicyclic) bond motifs is 1. The molecule has 136 valence electrons. The Morgan fingerprint density at radius 1 is 1.12 bits per heavy atom. The van der Waals surface area contributed by atoms with Crippen molar-refractivity contribution in [1.29, 1.82) is 0 Å². The number of aromatic nitrogens is 2. The highest BCUT2D eigenvalue weighted by atomic mass is 32.2. The number of benzene rings is 2. The topological polar surface area (TPSA) is 49.9 Å². The van der Waals surface area contributed by atoms with Gasteiger partial charge >= 0.3 is 0 Å². The van der Waals surface area contributed by atoms with Crippen LogP contribution in [-0.2, 0) is 6.54 Å². The van der Waals surface area contributed by atoms with Crippen LogP contribution in [0.5, 0.6) is 5.75 Å². The van der Waals surface area contributed by atoms with Gasteiger partial charge in [0.05, 0.1) is 22.7 Å². The number of thioether (sulfide) groups is 1. The van der Waals surface area contributed by atoms with Crippen LogP contribution in [0.25, 0.3) is 10.9 Å². The van der Waals surface area contributed by atoms with Gasteiger partial charge in [0.15, 0.2) is 0 Å². The van der Waals surface area contributed by atoms with Gasteiger partial charge < -0.3 is 10.1 Å². The highest BCUT2D eigenvalue weighted by Gasteiger charge is 2.23. The van der Waals surface area contributed by atoms with Gasteiger partial charge in [-0.2, -0.15) is 5.10 Å². The molecule has 4 rings (SSSR count). The molecule has 0 saturated heterocycles. The normalized spacial score (nSPS) is 20.3. The van der Waals surface area contributed by atoms with E-state index in [0.29, 0.717) is 12.1 Å². The number of aromatic amines is 1. The van der Waals surface area contributed by atoms with Gasteiger partial charge in [0.2, 0.25) is 0 Å². The lowest BCUT2D eigenvalue weighted by Gasteiger charge is -2.30. The van der Waals surface area contributed by atoms with Crippen LogP contribution in [0.15, 0.2) is 53.6 Å². The van der Waals surface area contributed by atoms with Gasteiger partial charge in [-0.3, -0.25) is 5.10 Å². The predicted octanol–water partition coefficient (Wildman–Crippen LogP) is 4.76. The molecule has 1 fully saturated rings. The maximum absolute atomic E-state index is 6.38. The van der Waals surface area contributed by atoms with Crippen molar-refractivity contribution >= 4 is 22.7 Å². The second kappa shape index (κ2) is 8.14. The lowest BCUT2D eigenvalue weighted by molar-refractivity contribution is 0.136. The zero-order valence-electron chi connectivity index (χ0n) is 15.1. The van der Waals surface area contributed by atoms with Crippen LogP contribution in [0.2, 0.25) is 0 Å². The lowest BCUT2D eigenvalue weighted by atomic mass is 9.92. The summed E-state index contributed by atoms with van der Waals surface area (Å²) in [6, 6.07) is 15.3. The van der Waals surface area contributed by atoms with E-state index in [1.165, 1.54) is 23.3 Å². The van der Waals surface area contributed by atoms with Gasteiger partial charge in [-0.1, -0.05) is 30.3 Å². The first-order chi connectivity index (χ1) is 12.8. The highest BCUT2D eigenvalue weighted by molar-refractivity contribution is 7.99. The van der Waals surface area contributed by atoms with Crippen LogP contribution in [0.4, 0.5) is 0 Å². The summed E-state index contributed by atoms with van der Waals surface area (Å²) in [4.78, 5) is 1.18. The van der Waals surface area contributed by atoms with Crippen LogP contribution in [0.3, 0.4) is 0 Å². The van der Waals surface area contributed by atoms with Crippen molar-refractivity contribution in [2.45, 2.75) is 49.3 Å². The molecule has 0 radical (unpaired) electrons. The Bertz CT molecular complexity index is 841. The van der Waals surface area contributed by atoms with E-state index in [1.54, 1.807) is 11.8 Å². The molecule has 0 atom stereocenters. The van der Waals surface area contributed by atoms with Crippen molar-refractivity contribution in [2.75, 3.05) is 6.26 Å². The molecule has 2 aromatic carbocycles. The SMILES string of the molecule is CSc1c(O[C@H]2CC[C@H](NCc3ccccc3)CC2)ccc2[nH]ncc12. The van der Waals surface area contributed by atoms with Gasteiger partial charge in [0, 0.05) is 18.0 Å². The van der Waals surface area contributed by atoms with Gasteiger partial charge in [0.1, 0.15) is 5.75 Å². The summed E-state index contributed by atoms with van der Waals surface area (Å²) < 4.78 is 6.38. The second-order valence-electron chi connectivity index (χ2n) is 6.89. The fourth-order valence-corrected chi connectivity index (χ4v) is 4.40. The minimum Gasteiger partial charge on any atom is -0.489 e. The van der Waals surface area contributed by atoms with Crippen LogP contribution >= 0.6 is 11.8 Å². The van der Waals surface area contributed by atoms with E-state index in [4.69, 9.17) is 4.74 Å². The zero-order valence-corrected chi connectivity index (χ0v) is 15.9. The molecular formula is C21H25N3OS. The maximum atomic E-state index is 6.38. The van der Waals surface area contributed by atoms with Gasteiger partial charge in [-0.25, -0.2) is 0 Å². The van der Waals surface area contributed by atoms with Crippen molar-refractivity contribution < 1.29 is 4.74 Å². The van der Waals surface area contributed by atoms with Crippen molar-refractivity contribution in [3.8, 4) is 5.75 Å². The number of nitrogens with one attached hydrogen (secondary N) is 2. The molecule has 0 spiro atoms. The van der Waals surface area contributed by atoms with E-state index in [9.17, 15) is 0 Å². The first-order valence-corrected chi connectivity index (χ1v) is 10.5. The average molecular weight is 368 g/mol. The Morgan fingerprint density at radius 2 is 1.92 bits per heavy atom. The maximum Gasteiger partial charge on any atom is 0.134 e. The molecule has 1 aliphatic rings. The molecule has 26 heavy (non-hydrogen) atoms. The third kappa shape index (κ3) is 3.89. The Kier molecular flexibility index (Phi) is 5.46. The number of H-pyrrole nitrogens is 1. The summed E-state index contributed by atoms with van der Waals surface area (Å²) in [5.41, 5.74) is 2.42. The fourth-order valence-electron chi connectivity index (χ4n) is 3.70. The molecule has 1 aromatic heterocycles. The molecule has 0 aliphatic heterocycles. The molecule has 2 N–H and O–H groups in total. The molecule has 1 saturated carbocycles. The summed E-state index contributed by atoms with van der Waals surface area (Å²) in [7, 11) is 0. The lowest BCUT2D eigenvalue weighted by Crippen LogP contribution is -2.36. The number of rotatable bonds is 6. The van der Waals surface area contributed by atoms with E-state index < -0.39 is 0 Å². The van der Waals surface area contributed by atoms with Crippen molar-refractivity contribution in [1.82, 2.24) is 15.5 Å². The third-order valence-electron chi connectivity index (χ3n) is 5.15. The molecule has 0 amide bonds. The van der Waals surface area contributed by atoms with E-state index >= 15 is 0 Å². The first-order valence-electron chi connectivity index (χ1n) is 9.27. The minimum atomic E-state index is 0.306. The van der Waals surface area contributed by atoms with E-state index in [0.717, 1.165) is 36.0 Å². The van der Waals surface area contributed by atoms with E-state index in [1.807, 2.05) is 6.20 Å². The standard InChI is InChI=1S/C21H25N3OS/c1-26-21-18-14-23-24-19(18)11-12-20(21)25-17-9-7-16(8-10-17)22-13-15-5-3-2-4-6-15/h2-6,11-12,14,16-17,22H,7-10,13H2,1H3,(H,23,24)/t16-,17-. The summed E-state index contributed by atoms with van der Waals surface area (Å²) in [5.74, 6) is 0.993. The van der Waals surface area contributed by atoms with Crippen LogP contribution in [0.1, 0.15) is 31.2 Å². The molecule has 1 heterocycles. The Balaban J connectivity index is 1.32. The third-order valence-corrected chi connectivity index (χ3v) is 5.98. The van der Waals surface area contributed by atoms with Gasteiger partial charge in [-0.15, -0.1) is 11.8 Å². The van der Waals surface area contributed by atoms with Crippen molar-refractivity contribution in [3.05, 3.63) is 54.2 Å². The Labute approximate surface area is 158 Å². The monoisotopic (exact) mass is 367 g/mol. The first kappa shape index (κ1) is 17.4. The van der Waals surface area contributed by atoms with Crippen LogP contribution in [0, 0.1) is 0 Å². The molecule has 4 nitrogen and oxygen atoms in total. The molecule has 0 unspecified atom stereocenters. The van der Waals surface area contributed by atoms with Crippen LogP contribution < -0.4 is 10.1 Å². The number of nitrogens with zero attached hydrogens (tertiary/aromatic N) is 1. The number of hydrogen-bond acceptors (Lipinski definition) is 4. The van der Waals surface area contributed by atoms with Crippen molar-refractivity contribution in [3.63, 3.8) is 0 Å². The minimum absolute atomic E-state index is 0.306. The number of ether oxygens (including phenoxy) is 1. The smallest absolute Gasteiger partial charge is 0.134 e. The largest absolute Gasteiger partial charge is 0.489 e. The summed E-state index contributed by atoms with van der Waals surface area (Å²) in [5, 5.41) is 12.0. The molecule has 5 heteroatoms. The molecular weight excluding hydrogens is 342 g/mol. The zero-order chi connectivity index (χ0) is 17.8. The quantitative estimate of drug-likeness (QED) is 0.617. The van der Waals surface area contributed by atoms with Crippen LogP contribution in [-0.4, -0.2) is 28.6 Å². The summed E-state index contributed by atoms with van der Waals surface area (Å²) in [6.07, 6.45) is 8.82. The second-order valence-corrected chi connectivity index (χ2v) is 7.70. The predicted molar refractivity (Wildman–Crippen MR) is 108 cm³/mol. The van der Waals surface area contributed by atoms with E-state index in [-0.39, 0.29) is 0 Å². The number of hydrogen-bond donors (Lipinski definition) is 2. The van der Waals surface area contributed by atoms with Gasteiger partial charge in [-0.05, 0) is 49.6 Å². The summed E-state index contributed by atoms with van der Waals surface area (Å²) >= 11 is 1.73. The highest BCUT2D eigenvalue weighted by Crippen LogP contribution is 2.36.